The van der Waals surface area contributed by atoms with Crippen LogP contribution >= 0.6 is 0 Å². The van der Waals surface area contributed by atoms with E-state index in [0.29, 0.717) is 17.0 Å². The van der Waals surface area contributed by atoms with Crippen LogP contribution in [0.2, 0.25) is 0 Å². The molecule has 1 amide bonds. The summed E-state index contributed by atoms with van der Waals surface area (Å²) in [6.07, 6.45) is 3.87. The van der Waals surface area contributed by atoms with E-state index in [9.17, 15) is 9.90 Å². The zero-order chi connectivity index (χ0) is 23.6. The molecule has 0 aliphatic carbocycles. The molecule has 2 N–H and O–H groups in total. The number of aromatic nitrogens is 3. The number of aliphatic hydroxyl groups is 1. The lowest BCUT2D eigenvalue weighted by Crippen LogP contribution is -2.17. The Bertz CT molecular complexity index is 1330. The van der Waals surface area contributed by atoms with Gasteiger partial charge in [0.1, 0.15) is 11.6 Å². The zero-order valence-corrected chi connectivity index (χ0v) is 19.0. The standard InChI is InChI=1S/C26H26N4O3/c1-17-14-24-27-23(28-25(31)19-9-11-20(12-10-19)26(2,3)32)16-21(30(24)29-17)13-8-18-6-5-7-22(15-18)33-4/h5-16,32H,1-4H3,(H,27,28,31)/b13-8+. The maximum absolute atomic E-state index is 12.8. The number of carbonyl (C=O) groups is 1. The molecule has 4 aromatic rings. The van der Waals surface area contributed by atoms with Crippen LogP contribution in [0, 0.1) is 6.92 Å². The number of hydrogen-bond donors (Lipinski definition) is 2. The van der Waals surface area contributed by atoms with Gasteiger partial charge in [0.25, 0.3) is 5.91 Å². The van der Waals surface area contributed by atoms with Gasteiger partial charge in [-0.05, 0) is 62.2 Å². The average Bonchev–Trinajstić information content (AvgIpc) is 3.17. The van der Waals surface area contributed by atoms with Gasteiger partial charge in [-0.15, -0.1) is 0 Å². The number of fused-ring (bicyclic) bond motifs is 1. The summed E-state index contributed by atoms with van der Waals surface area (Å²) in [7, 11) is 1.63. The van der Waals surface area contributed by atoms with Gasteiger partial charge in [-0.25, -0.2) is 9.50 Å². The van der Waals surface area contributed by atoms with Crippen molar-refractivity contribution in [2.45, 2.75) is 26.4 Å². The fourth-order valence-electron chi connectivity index (χ4n) is 3.44. The number of anilines is 1. The lowest BCUT2D eigenvalue weighted by Gasteiger charge is -2.17. The van der Waals surface area contributed by atoms with Crippen LogP contribution in [0.25, 0.3) is 17.8 Å². The van der Waals surface area contributed by atoms with E-state index in [0.717, 1.165) is 28.3 Å². The summed E-state index contributed by atoms with van der Waals surface area (Å²) in [5.74, 6) is 0.910. The summed E-state index contributed by atoms with van der Waals surface area (Å²) in [4.78, 5) is 17.3. The third-order valence-electron chi connectivity index (χ3n) is 5.21. The van der Waals surface area contributed by atoms with Crippen molar-refractivity contribution in [2.24, 2.45) is 0 Å². The van der Waals surface area contributed by atoms with Crippen molar-refractivity contribution in [1.29, 1.82) is 0 Å². The maximum Gasteiger partial charge on any atom is 0.256 e. The molecule has 33 heavy (non-hydrogen) atoms. The summed E-state index contributed by atoms with van der Waals surface area (Å²) in [6, 6.07) is 18.2. The van der Waals surface area contributed by atoms with E-state index in [1.165, 1.54) is 0 Å². The highest BCUT2D eigenvalue weighted by Crippen LogP contribution is 2.21. The van der Waals surface area contributed by atoms with Gasteiger partial charge in [0.2, 0.25) is 0 Å². The van der Waals surface area contributed by atoms with Gasteiger partial charge >= 0.3 is 0 Å². The van der Waals surface area contributed by atoms with E-state index < -0.39 is 5.60 Å². The number of methoxy groups -OCH3 is 1. The van der Waals surface area contributed by atoms with Crippen LogP contribution < -0.4 is 10.1 Å². The molecule has 0 saturated carbocycles. The van der Waals surface area contributed by atoms with Crippen LogP contribution in [0.15, 0.2) is 60.7 Å². The minimum Gasteiger partial charge on any atom is -0.497 e. The van der Waals surface area contributed by atoms with Crippen LogP contribution in [0.1, 0.15) is 46.7 Å². The van der Waals surface area contributed by atoms with Crippen molar-refractivity contribution < 1.29 is 14.6 Å². The van der Waals surface area contributed by atoms with Crippen molar-refractivity contribution in [3.05, 3.63) is 88.7 Å². The quantitative estimate of drug-likeness (QED) is 0.452. The fraction of sp³-hybridized carbons (Fsp3) is 0.192. The molecule has 168 valence electrons. The van der Waals surface area contributed by atoms with Crippen LogP contribution in [0.3, 0.4) is 0 Å². The molecule has 0 spiro atoms. The minimum absolute atomic E-state index is 0.284. The Balaban J connectivity index is 1.63. The largest absolute Gasteiger partial charge is 0.497 e. The third kappa shape index (κ3) is 5.10. The number of nitrogens with one attached hydrogen (secondary N) is 1. The molecule has 0 aliphatic rings. The number of ether oxygens (including phenoxy) is 1. The van der Waals surface area contributed by atoms with Crippen LogP contribution in [0.4, 0.5) is 5.82 Å². The van der Waals surface area contributed by atoms with Gasteiger partial charge in [0.15, 0.2) is 5.65 Å². The van der Waals surface area contributed by atoms with Crippen molar-refractivity contribution in [2.75, 3.05) is 12.4 Å². The molecule has 7 nitrogen and oxygen atoms in total. The molecule has 2 aromatic carbocycles. The van der Waals surface area contributed by atoms with Gasteiger partial charge in [0.05, 0.1) is 24.1 Å². The highest BCUT2D eigenvalue weighted by molar-refractivity contribution is 6.04. The van der Waals surface area contributed by atoms with E-state index in [2.05, 4.69) is 15.4 Å². The predicted octanol–water partition coefficient (Wildman–Crippen LogP) is 4.70. The molecule has 2 aromatic heterocycles. The molecule has 0 fully saturated rings. The van der Waals surface area contributed by atoms with Gasteiger partial charge in [-0.1, -0.05) is 30.3 Å². The monoisotopic (exact) mass is 442 g/mol. The Morgan fingerprint density at radius 3 is 2.55 bits per heavy atom. The van der Waals surface area contributed by atoms with Crippen molar-refractivity contribution >= 4 is 29.5 Å². The molecular formula is C26H26N4O3. The van der Waals surface area contributed by atoms with E-state index in [4.69, 9.17) is 4.74 Å². The molecule has 0 aliphatic heterocycles. The van der Waals surface area contributed by atoms with Crippen LogP contribution in [0.5, 0.6) is 5.75 Å². The molecule has 2 heterocycles. The first-order valence-electron chi connectivity index (χ1n) is 10.6. The summed E-state index contributed by atoms with van der Waals surface area (Å²) in [5.41, 5.74) is 3.44. The molecule has 0 unspecified atom stereocenters. The Hall–Kier alpha value is -3.97. The zero-order valence-electron chi connectivity index (χ0n) is 19.0. The molecule has 0 atom stereocenters. The first-order valence-corrected chi connectivity index (χ1v) is 10.6. The number of amides is 1. The van der Waals surface area contributed by atoms with Crippen molar-refractivity contribution in [3.63, 3.8) is 0 Å². The van der Waals surface area contributed by atoms with E-state index in [-0.39, 0.29) is 5.91 Å². The highest BCUT2D eigenvalue weighted by atomic mass is 16.5. The number of aryl methyl sites for hydroxylation is 1. The molecule has 0 bridgehead atoms. The topological polar surface area (TPSA) is 88.8 Å². The van der Waals surface area contributed by atoms with Crippen molar-refractivity contribution in [3.8, 4) is 5.75 Å². The number of rotatable bonds is 6. The smallest absolute Gasteiger partial charge is 0.256 e. The van der Waals surface area contributed by atoms with Crippen LogP contribution in [-0.2, 0) is 5.60 Å². The first kappa shape index (κ1) is 22.2. The Morgan fingerprint density at radius 2 is 1.85 bits per heavy atom. The Labute approximate surface area is 192 Å². The molecule has 7 heteroatoms. The average molecular weight is 443 g/mol. The molecule has 0 saturated heterocycles. The SMILES string of the molecule is COc1cccc(/C=C/c2cc(NC(=O)c3ccc(C(C)(C)O)cc3)nc3cc(C)nn23)c1. The summed E-state index contributed by atoms with van der Waals surface area (Å²) in [6.45, 7) is 5.30. The van der Waals surface area contributed by atoms with E-state index in [1.807, 2.05) is 49.4 Å². The second kappa shape index (κ2) is 8.88. The summed E-state index contributed by atoms with van der Waals surface area (Å²) >= 11 is 0. The number of carbonyl (C=O) groups excluding carboxylic acids is 1. The molecule has 4 rings (SSSR count). The minimum atomic E-state index is -0.967. The van der Waals surface area contributed by atoms with E-state index in [1.54, 1.807) is 55.8 Å². The second-order valence-corrected chi connectivity index (χ2v) is 8.32. The lowest BCUT2D eigenvalue weighted by molar-refractivity contribution is 0.0785. The second-order valence-electron chi connectivity index (χ2n) is 8.32. The van der Waals surface area contributed by atoms with Gasteiger partial charge in [-0.3, -0.25) is 4.79 Å². The van der Waals surface area contributed by atoms with Crippen molar-refractivity contribution in [1.82, 2.24) is 14.6 Å². The lowest BCUT2D eigenvalue weighted by atomic mass is 9.97. The van der Waals surface area contributed by atoms with Gasteiger partial charge < -0.3 is 15.2 Å². The van der Waals surface area contributed by atoms with Crippen LogP contribution in [-0.4, -0.2) is 32.7 Å². The molecule has 0 radical (unpaired) electrons. The highest BCUT2D eigenvalue weighted by Gasteiger charge is 2.17. The summed E-state index contributed by atoms with van der Waals surface area (Å²) < 4.78 is 7.02. The maximum atomic E-state index is 12.8. The number of benzene rings is 2. The van der Waals surface area contributed by atoms with Gasteiger partial charge in [-0.2, -0.15) is 5.10 Å². The van der Waals surface area contributed by atoms with E-state index >= 15 is 0 Å². The first-order chi connectivity index (χ1) is 15.7. The fourth-order valence-corrected chi connectivity index (χ4v) is 3.44. The normalized spacial score (nSPS) is 11.8. The third-order valence-corrected chi connectivity index (χ3v) is 5.21. The predicted molar refractivity (Wildman–Crippen MR) is 129 cm³/mol. The summed E-state index contributed by atoms with van der Waals surface area (Å²) in [5, 5.41) is 17.5. The van der Waals surface area contributed by atoms with Gasteiger partial charge in [0, 0.05) is 17.7 Å². The molecular weight excluding hydrogens is 416 g/mol. The Kier molecular flexibility index (Phi) is 5.98. The number of nitrogens with zero attached hydrogens (tertiary/aromatic N) is 3. The Morgan fingerprint density at radius 1 is 1.09 bits per heavy atom. The number of hydrogen-bond acceptors (Lipinski definition) is 5.